The van der Waals surface area contributed by atoms with E-state index in [1.165, 1.54) is 24.3 Å². The number of rotatable bonds is 4. The molecular weight excluding hydrogens is 304 g/mol. The maximum absolute atomic E-state index is 12.1. The third kappa shape index (κ3) is 3.56. The van der Waals surface area contributed by atoms with E-state index in [1.54, 1.807) is 19.1 Å². The Kier molecular flexibility index (Phi) is 4.37. The summed E-state index contributed by atoms with van der Waals surface area (Å²) in [4.78, 5) is 2.22. The Morgan fingerprint density at radius 2 is 1.73 bits per heavy atom. The molecule has 2 aromatic carbocycles. The summed E-state index contributed by atoms with van der Waals surface area (Å²) in [6, 6.07) is 10.3. The highest BCUT2D eigenvalue weighted by Crippen LogP contribution is 2.23. The molecule has 0 aliphatic heterocycles. The Morgan fingerprint density at radius 1 is 1.09 bits per heavy atom. The molecule has 2 aromatic rings. The number of aromatic hydroxyl groups is 2. The summed E-state index contributed by atoms with van der Waals surface area (Å²) in [6.07, 6.45) is 0. The third-order valence-electron chi connectivity index (χ3n) is 3.04. The van der Waals surface area contributed by atoms with Crippen LogP contribution in [0.5, 0.6) is 11.5 Å². The van der Waals surface area contributed by atoms with Crippen molar-refractivity contribution in [1.29, 1.82) is 0 Å². The van der Waals surface area contributed by atoms with Gasteiger partial charge in [0.05, 0.1) is 10.6 Å². The van der Waals surface area contributed by atoms with Crippen molar-refractivity contribution in [3.05, 3.63) is 53.6 Å². The molecule has 0 atom stereocenters. The average molecular weight is 320 g/mol. The van der Waals surface area contributed by atoms with E-state index < -0.39 is 10.0 Å². The number of phenolic OH excluding ortho intramolecular Hbond substituents is 2. The summed E-state index contributed by atoms with van der Waals surface area (Å²) in [5, 5.41) is 22.8. The summed E-state index contributed by atoms with van der Waals surface area (Å²) in [5.41, 5.74) is 1.55. The molecule has 0 saturated heterocycles. The lowest BCUT2D eigenvalue weighted by atomic mass is 10.1. The molecule has 116 valence electrons. The maximum atomic E-state index is 12.1. The van der Waals surface area contributed by atoms with E-state index >= 15 is 0 Å². The standard InChI is InChI=1S/C15H16N2O4S/c1-10-3-6-13(7-4-10)22(20,21)17-16-11(2)14-8-5-12(18)9-15(14)19/h3-9,17-19H,1-2H3/b16-11+. The number of benzene rings is 2. The van der Waals surface area contributed by atoms with Crippen molar-refractivity contribution in [2.45, 2.75) is 18.7 Å². The first-order valence-electron chi connectivity index (χ1n) is 6.45. The van der Waals surface area contributed by atoms with Crippen LogP contribution >= 0.6 is 0 Å². The molecule has 0 radical (unpaired) electrons. The lowest BCUT2D eigenvalue weighted by molar-refractivity contribution is 0.450. The number of phenols is 2. The van der Waals surface area contributed by atoms with Crippen molar-refractivity contribution in [1.82, 2.24) is 4.83 Å². The van der Waals surface area contributed by atoms with Crippen LogP contribution < -0.4 is 4.83 Å². The predicted octanol–water partition coefficient (Wildman–Crippen LogP) is 2.11. The van der Waals surface area contributed by atoms with Gasteiger partial charge in [-0.1, -0.05) is 17.7 Å². The topological polar surface area (TPSA) is 99.0 Å². The van der Waals surface area contributed by atoms with Crippen molar-refractivity contribution >= 4 is 15.7 Å². The Morgan fingerprint density at radius 3 is 2.32 bits per heavy atom. The minimum atomic E-state index is -3.77. The van der Waals surface area contributed by atoms with Crippen molar-refractivity contribution in [3.8, 4) is 11.5 Å². The molecule has 0 amide bonds. The molecule has 0 heterocycles. The van der Waals surface area contributed by atoms with Gasteiger partial charge in [0.2, 0.25) is 0 Å². The van der Waals surface area contributed by atoms with Gasteiger partial charge in [0.25, 0.3) is 10.0 Å². The summed E-state index contributed by atoms with van der Waals surface area (Å²) in [6.45, 7) is 3.41. The van der Waals surface area contributed by atoms with Gasteiger partial charge in [-0.15, -0.1) is 0 Å². The maximum Gasteiger partial charge on any atom is 0.276 e. The first kappa shape index (κ1) is 15.8. The van der Waals surface area contributed by atoms with Crippen LogP contribution in [0.4, 0.5) is 0 Å². The number of aryl methyl sites for hydroxylation is 1. The van der Waals surface area contributed by atoms with E-state index in [1.807, 2.05) is 6.92 Å². The Labute approximate surface area is 128 Å². The van der Waals surface area contributed by atoms with Gasteiger partial charge in [-0.25, -0.2) is 0 Å². The summed E-state index contributed by atoms with van der Waals surface area (Å²) < 4.78 is 24.2. The fourth-order valence-corrected chi connectivity index (χ4v) is 2.64. The molecule has 0 aliphatic carbocycles. The minimum Gasteiger partial charge on any atom is -0.508 e. The molecule has 0 unspecified atom stereocenters. The third-order valence-corrected chi connectivity index (χ3v) is 4.26. The van der Waals surface area contributed by atoms with Gasteiger partial charge in [0, 0.05) is 11.6 Å². The highest BCUT2D eigenvalue weighted by Gasteiger charge is 2.13. The molecular formula is C15H16N2O4S. The van der Waals surface area contributed by atoms with Gasteiger partial charge in [0.1, 0.15) is 11.5 Å². The first-order chi connectivity index (χ1) is 10.3. The van der Waals surface area contributed by atoms with E-state index in [0.717, 1.165) is 11.6 Å². The molecule has 3 N–H and O–H groups in total. The zero-order chi connectivity index (χ0) is 16.3. The van der Waals surface area contributed by atoms with Crippen LogP contribution in [0, 0.1) is 6.92 Å². The van der Waals surface area contributed by atoms with Gasteiger partial charge >= 0.3 is 0 Å². The predicted molar refractivity (Wildman–Crippen MR) is 83.5 cm³/mol. The van der Waals surface area contributed by atoms with Gasteiger partial charge < -0.3 is 10.2 Å². The van der Waals surface area contributed by atoms with Crippen molar-refractivity contribution < 1.29 is 18.6 Å². The molecule has 7 heteroatoms. The quantitative estimate of drug-likeness (QED) is 0.593. The number of hydrogen-bond donors (Lipinski definition) is 3. The van der Waals surface area contributed by atoms with Crippen LogP contribution in [0.1, 0.15) is 18.1 Å². The monoisotopic (exact) mass is 320 g/mol. The molecule has 2 rings (SSSR count). The Hall–Kier alpha value is -2.54. The van der Waals surface area contributed by atoms with Crippen LogP contribution in [0.2, 0.25) is 0 Å². The Balaban J connectivity index is 2.24. The number of sulfonamides is 1. The van der Waals surface area contributed by atoms with Crippen molar-refractivity contribution in [2.24, 2.45) is 5.10 Å². The zero-order valence-electron chi connectivity index (χ0n) is 12.1. The van der Waals surface area contributed by atoms with Crippen LogP contribution in [-0.4, -0.2) is 24.3 Å². The van der Waals surface area contributed by atoms with E-state index in [2.05, 4.69) is 9.93 Å². The summed E-state index contributed by atoms with van der Waals surface area (Å²) >= 11 is 0. The normalized spacial score (nSPS) is 12.2. The highest BCUT2D eigenvalue weighted by atomic mass is 32.2. The highest BCUT2D eigenvalue weighted by molar-refractivity contribution is 7.89. The molecule has 0 aromatic heterocycles. The lowest BCUT2D eigenvalue weighted by Gasteiger charge is -2.07. The second-order valence-electron chi connectivity index (χ2n) is 4.81. The van der Waals surface area contributed by atoms with Crippen LogP contribution in [0.3, 0.4) is 0 Å². The zero-order valence-corrected chi connectivity index (χ0v) is 12.9. The van der Waals surface area contributed by atoms with Crippen molar-refractivity contribution in [3.63, 3.8) is 0 Å². The molecule has 0 fully saturated rings. The summed E-state index contributed by atoms with van der Waals surface area (Å²) in [7, 11) is -3.77. The largest absolute Gasteiger partial charge is 0.508 e. The molecule has 0 bridgehead atoms. The fraction of sp³-hybridized carbons (Fsp3) is 0.133. The number of hydrogen-bond acceptors (Lipinski definition) is 5. The van der Waals surface area contributed by atoms with Crippen molar-refractivity contribution in [2.75, 3.05) is 0 Å². The van der Waals surface area contributed by atoms with Crippen LogP contribution in [-0.2, 0) is 10.0 Å². The molecule has 0 aliphatic rings. The second-order valence-corrected chi connectivity index (χ2v) is 6.47. The van der Waals surface area contributed by atoms with Crippen LogP contribution in [0.15, 0.2) is 52.5 Å². The number of nitrogens with zero attached hydrogens (tertiary/aromatic N) is 1. The van der Waals surface area contributed by atoms with E-state index in [-0.39, 0.29) is 22.1 Å². The minimum absolute atomic E-state index is 0.0886. The fourth-order valence-electron chi connectivity index (χ4n) is 1.78. The van der Waals surface area contributed by atoms with Gasteiger partial charge in [-0.05, 0) is 38.1 Å². The molecule has 0 spiro atoms. The number of nitrogens with one attached hydrogen (secondary N) is 1. The SMILES string of the molecule is C/C(=N\NS(=O)(=O)c1ccc(C)cc1)c1ccc(O)cc1O. The van der Waals surface area contributed by atoms with Gasteiger partial charge in [-0.2, -0.15) is 18.4 Å². The first-order valence-corrected chi connectivity index (χ1v) is 7.93. The van der Waals surface area contributed by atoms with E-state index in [0.29, 0.717) is 5.56 Å². The van der Waals surface area contributed by atoms with E-state index in [4.69, 9.17) is 0 Å². The van der Waals surface area contributed by atoms with Gasteiger partial charge in [-0.3, -0.25) is 0 Å². The molecule has 6 nitrogen and oxygen atoms in total. The molecule has 22 heavy (non-hydrogen) atoms. The molecule has 0 saturated carbocycles. The lowest BCUT2D eigenvalue weighted by Crippen LogP contribution is -2.20. The summed E-state index contributed by atoms with van der Waals surface area (Å²) in [5.74, 6) is -0.273. The number of hydrazone groups is 1. The smallest absolute Gasteiger partial charge is 0.276 e. The average Bonchev–Trinajstić information content (AvgIpc) is 2.45. The second kappa shape index (κ2) is 6.07. The van der Waals surface area contributed by atoms with Crippen LogP contribution in [0.25, 0.3) is 0 Å². The van der Waals surface area contributed by atoms with E-state index in [9.17, 15) is 18.6 Å². The van der Waals surface area contributed by atoms with Gasteiger partial charge in [0.15, 0.2) is 0 Å². The Bertz CT molecular complexity index is 812.